The zero-order chi connectivity index (χ0) is 11.4. The fourth-order valence-electron chi connectivity index (χ4n) is 2.14. The number of anilines is 1. The summed E-state index contributed by atoms with van der Waals surface area (Å²) < 4.78 is 0. The van der Waals surface area contributed by atoms with Gasteiger partial charge >= 0.3 is 0 Å². The molecule has 16 heavy (non-hydrogen) atoms. The fraction of sp³-hybridized carbons (Fsp3) is 0.636. The minimum atomic E-state index is -0.131. The van der Waals surface area contributed by atoms with E-state index in [1.807, 2.05) is 11.8 Å². The van der Waals surface area contributed by atoms with E-state index in [4.69, 9.17) is 0 Å². The van der Waals surface area contributed by atoms with Crippen molar-refractivity contribution in [2.75, 3.05) is 11.6 Å². The third-order valence-corrected chi connectivity index (χ3v) is 4.10. The van der Waals surface area contributed by atoms with Gasteiger partial charge in [-0.1, -0.05) is 6.42 Å². The van der Waals surface area contributed by atoms with Gasteiger partial charge in [0.25, 0.3) is 5.56 Å². The second kappa shape index (κ2) is 5.39. The zero-order valence-corrected chi connectivity index (χ0v) is 10.2. The Morgan fingerprint density at radius 3 is 3.19 bits per heavy atom. The summed E-state index contributed by atoms with van der Waals surface area (Å²) in [6.07, 6.45) is 10.1. The molecule has 1 aliphatic rings. The first-order valence-electron chi connectivity index (χ1n) is 5.62. The highest BCUT2D eigenvalue weighted by molar-refractivity contribution is 7.99. The highest BCUT2D eigenvalue weighted by atomic mass is 32.2. The number of aromatic amines is 1. The van der Waals surface area contributed by atoms with Crippen LogP contribution in [0.1, 0.15) is 25.7 Å². The largest absolute Gasteiger partial charge is 0.363 e. The van der Waals surface area contributed by atoms with Gasteiger partial charge in [0.1, 0.15) is 0 Å². The molecule has 0 aromatic carbocycles. The van der Waals surface area contributed by atoms with Crippen molar-refractivity contribution in [2.45, 2.75) is 37.0 Å². The van der Waals surface area contributed by atoms with Crippen LogP contribution in [0.3, 0.4) is 0 Å². The number of hydrogen-bond donors (Lipinski definition) is 2. The molecular formula is C11H17N3OS. The molecule has 1 aliphatic carbocycles. The van der Waals surface area contributed by atoms with Crippen LogP contribution >= 0.6 is 11.8 Å². The molecule has 1 heterocycles. The van der Waals surface area contributed by atoms with E-state index in [0.29, 0.717) is 17.1 Å². The lowest BCUT2D eigenvalue weighted by Crippen LogP contribution is -2.31. The Balaban J connectivity index is 1.99. The molecule has 2 N–H and O–H groups in total. The SMILES string of the molecule is CSC1CCCC(Nc2ncc[nH]c2=O)C1. The third-order valence-electron chi connectivity index (χ3n) is 3.01. The summed E-state index contributed by atoms with van der Waals surface area (Å²) in [5, 5.41) is 3.96. The quantitative estimate of drug-likeness (QED) is 0.845. The summed E-state index contributed by atoms with van der Waals surface area (Å²) in [6, 6.07) is 0.391. The van der Waals surface area contributed by atoms with E-state index in [1.165, 1.54) is 12.8 Å². The van der Waals surface area contributed by atoms with Gasteiger partial charge in [0.05, 0.1) is 0 Å². The molecule has 5 heteroatoms. The Morgan fingerprint density at radius 2 is 2.44 bits per heavy atom. The minimum absolute atomic E-state index is 0.131. The van der Waals surface area contributed by atoms with E-state index in [2.05, 4.69) is 21.5 Å². The Kier molecular flexibility index (Phi) is 3.88. The first kappa shape index (κ1) is 11.5. The lowest BCUT2D eigenvalue weighted by molar-refractivity contribution is 0.472. The smallest absolute Gasteiger partial charge is 0.290 e. The summed E-state index contributed by atoms with van der Waals surface area (Å²) in [5.74, 6) is 0.453. The predicted octanol–water partition coefficient (Wildman–Crippen LogP) is 1.86. The number of nitrogens with one attached hydrogen (secondary N) is 2. The molecule has 0 radical (unpaired) electrons. The van der Waals surface area contributed by atoms with E-state index >= 15 is 0 Å². The Labute approximate surface area is 99.3 Å². The van der Waals surface area contributed by atoms with Crippen molar-refractivity contribution in [1.29, 1.82) is 0 Å². The average molecular weight is 239 g/mol. The van der Waals surface area contributed by atoms with Gasteiger partial charge in [0.15, 0.2) is 5.82 Å². The van der Waals surface area contributed by atoms with Crippen molar-refractivity contribution in [3.8, 4) is 0 Å². The predicted molar refractivity (Wildman–Crippen MR) is 68.0 cm³/mol. The molecule has 0 bridgehead atoms. The molecular weight excluding hydrogens is 222 g/mol. The molecule has 0 amide bonds. The maximum Gasteiger partial charge on any atom is 0.290 e. The lowest BCUT2D eigenvalue weighted by atomic mass is 9.95. The van der Waals surface area contributed by atoms with Crippen LogP contribution in [0.2, 0.25) is 0 Å². The summed E-state index contributed by atoms with van der Waals surface area (Å²) in [7, 11) is 0. The van der Waals surface area contributed by atoms with Crippen molar-refractivity contribution in [3.63, 3.8) is 0 Å². The van der Waals surface area contributed by atoms with Crippen molar-refractivity contribution >= 4 is 17.6 Å². The summed E-state index contributed by atoms with van der Waals surface area (Å²) >= 11 is 1.92. The van der Waals surface area contributed by atoms with E-state index in [1.54, 1.807) is 12.4 Å². The molecule has 0 saturated heterocycles. The van der Waals surface area contributed by atoms with Crippen molar-refractivity contribution < 1.29 is 0 Å². The molecule has 88 valence electrons. The molecule has 4 nitrogen and oxygen atoms in total. The van der Waals surface area contributed by atoms with Gasteiger partial charge in [0, 0.05) is 23.7 Å². The maximum atomic E-state index is 11.5. The average Bonchev–Trinajstić information content (AvgIpc) is 2.32. The number of rotatable bonds is 3. The molecule has 2 unspecified atom stereocenters. The van der Waals surface area contributed by atoms with Crippen LogP contribution in [0, 0.1) is 0 Å². The highest BCUT2D eigenvalue weighted by Crippen LogP contribution is 2.27. The van der Waals surface area contributed by atoms with Gasteiger partial charge in [-0.15, -0.1) is 0 Å². The van der Waals surface area contributed by atoms with Crippen molar-refractivity contribution in [1.82, 2.24) is 9.97 Å². The lowest BCUT2D eigenvalue weighted by Gasteiger charge is -2.28. The van der Waals surface area contributed by atoms with Gasteiger partial charge in [-0.25, -0.2) is 4.98 Å². The third kappa shape index (κ3) is 2.78. The van der Waals surface area contributed by atoms with Crippen molar-refractivity contribution in [2.24, 2.45) is 0 Å². The number of H-pyrrole nitrogens is 1. The molecule has 0 spiro atoms. The van der Waals surface area contributed by atoms with Crippen molar-refractivity contribution in [3.05, 3.63) is 22.7 Å². The van der Waals surface area contributed by atoms with Crippen LogP contribution in [-0.4, -0.2) is 27.5 Å². The Bertz CT molecular complexity index is 393. The van der Waals surface area contributed by atoms with Crippen LogP contribution in [0.5, 0.6) is 0 Å². The minimum Gasteiger partial charge on any atom is -0.363 e. The zero-order valence-electron chi connectivity index (χ0n) is 9.40. The molecule has 1 aromatic heterocycles. The number of thioether (sulfide) groups is 1. The van der Waals surface area contributed by atoms with Crippen LogP contribution in [0.25, 0.3) is 0 Å². The van der Waals surface area contributed by atoms with Gasteiger partial charge in [-0.3, -0.25) is 4.79 Å². The summed E-state index contributed by atoms with van der Waals surface area (Å²) in [4.78, 5) is 18.1. The normalized spacial score (nSPS) is 25.3. The van der Waals surface area contributed by atoms with Gasteiger partial charge in [0.2, 0.25) is 0 Å². The molecule has 2 atom stereocenters. The summed E-state index contributed by atoms with van der Waals surface area (Å²) in [5.41, 5.74) is -0.131. The number of hydrogen-bond acceptors (Lipinski definition) is 4. The fourth-order valence-corrected chi connectivity index (χ4v) is 2.97. The van der Waals surface area contributed by atoms with E-state index < -0.39 is 0 Å². The summed E-state index contributed by atoms with van der Waals surface area (Å²) in [6.45, 7) is 0. The highest BCUT2D eigenvalue weighted by Gasteiger charge is 2.21. The van der Waals surface area contributed by atoms with Crippen LogP contribution in [-0.2, 0) is 0 Å². The van der Waals surface area contributed by atoms with E-state index in [9.17, 15) is 4.79 Å². The maximum absolute atomic E-state index is 11.5. The van der Waals surface area contributed by atoms with Crippen LogP contribution in [0.4, 0.5) is 5.82 Å². The second-order valence-electron chi connectivity index (χ2n) is 4.13. The van der Waals surface area contributed by atoms with Crippen LogP contribution in [0.15, 0.2) is 17.2 Å². The standard InChI is InChI=1S/C11H17N3OS/c1-16-9-4-2-3-8(7-9)14-10-11(15)13-6-5-12-10/h5-6,8-9H,2-4,7H2,1H3,(H,12,14)(H,13,15). The molecule has 1 fully saturated rings. The molecule has 2 rings (SSSR count). The molecule has 0 aliphatic heterocycles. The van der Waals surface area contributed by atoms with Crippen LogP contribution < -0.4 is 10.9 Å². The second-order valence-corrected chi connectivity index (χ2v) is 5.27. The van der Waals surface area contributed by atoms with E-state index in [-0.39, 0.29) is 5.56 Å². The first-order chi connectivity index (χ1) is 7.79. The van der Waals surface area contributed by atoms with E-state index in [0.717, 1.165) is 12.8 Å². The van der Waals surface area contributed by atoms with Gasteiger partial charge < -0.3 is 10.3 Å². The molecule has 1 aromatic rings. The number of nitrogens with zero attached hydrogens (tertiary/aromatic N) is 1. The number of aromatic nitrogens is 2. The molecule has 1 saturated carbocycles. The Hall–Kier alpha value is -0.970. The topological polar surface area (TPSA) is 57.8 Å². The van der Waals surface area contributed by atoms with Gasteiger partial charge in [-0.2, -0.15) is 11.8 Å². The Morgan fingerprint density at radius 1 is 1.56 bits per heavy atom. The monoisotopic (exact) mass is 239 g/mol. The van der Waals surface area contributed by atoms with Gasteiger partial charge in [-0.05, 0) is 25.5 Å². The first-order valence-corrected chi connectivity index (χ1v) is 6.91.